The molecule has 0 aliphatic heterocycles. The zero-order chi connectivity index (χ0) is 7.56. The molecule has 0 unspecified atom stereocenters. The van der Waals surface area contributed by atoms with E-state index in [4.69, 9.17) is 0 Å². The van der Waals surface area contributed by atoms with Crippen LogP contribution in [-0.2, 0) is 19.5 Å². The number of hydrogen-bond acceptors (Lipinski definition) is 0. The molecular weight excluding hydrogens is 363 g/mol. The summed E-state index contributed by atoms with van der Waals surface area (Å²) in [7, 11) is 0. The number of rotatable bonds is 1. The van der Waals surface area contributed by atoms with Gasteiger partial charge >= 0.3 is 19.5 Å². The molecule has 0 N–H and O–H groups in total. The maximum absolute atomic E-state index is 2.21. The van der Waals surface area contributed by atoms with E-state index in [2.05, 4.69) is 45.0 Å². The fourth-order valence-corrected chi connectivity index (χ4v) is 0.951. The predicted molar refractivity (Wildman–Crippen MR) is 45.3 cm³/mol. The van der Waals surface area contributed by atoms with Crippen LogP contribution in [0.2, 0.25) is 0 Å². The Morgan fingerprint density at radius 2 is 1.13 bits per heavy atom. The van der Waals surface area contributed by atoms with Gasteiger partial charge in [-0.25, -0.2) is 0 Å². The SMILES string of the molecule is Cc1ccc(C(C)C)cc1.[Cl-].[Cl-].[Cl-].[Cl-].[Ru+4]. The van der Waals surface area contributed by atoms with E-state index >= 15 is 0 Å². The summed E-state index contributed by atoms with van der Waals surface area (Å²) < 4.78 is 0. The third-order valence-electron chi connectivity index (χ3n) is 1.74. The van der Waals surface area contributed by atoms with Gasteiger partial charge in [0.15, 0.2) is 0 Å². The summed E-state index contributed by atoms with van der Waals surface area (Å²) in [6, 6.07) is 8.71. The van der Waals surface area contributed by atoms with Gasteiger partial charge in [0, 0.05) is 0 Å². The van der Waals surface area contributed by atoms with Crippen molar-refractivity contribution in [2.45, 2.75) is 26.7 Å². The van der Waals surface area contributed by atoms with Crippen molar-refractivity contribution in [1.29, 1.82) is 0 Å². The van der Waals surface area contributed by atoms with Crippen LogP contribution in [0.15, 0.2) is 24.3 Å². The Morgan fingerprint density at radius 1 is 0.800 bits per heavy atom. The fourth-order valence-electron chi connectivity index (χ4n) is 0.951. The molecule has 5 heteroatoms. The van der Waals surface area contributed by atoms with Crippen LogP contribution in [0.25, 0.3) is 0 Å². The fraction of sp³-hybridized carbons (Fsp3) is 0.400. The third kappa shape index (κ3) is 11.3. The Morgan fingerprint density at radius 3 is 1.40 bits per heavy atom. The van der Waals surface area contributed by atoms with Crippen LogP contribution < -0.4 is 49.6 Å². The normalized spacial score (nSPS) is 6.93. The van der Waals surface area contributed by atoms with Crippen LogP contribution in [0.3, 0.4) is 0 Å². The Bertz CT molecular complexity index is 211. The zero-order valence-electron chi connectivity index (χ0n) is 8.75. The predicted octanol–water partition coefficient (Wildman–Crippen LogP) is -8.87. The minimum absolute atomic E-state index is 0. The first kappa shape index (κ1) is 29.8. The molecule has 0 atom stereocenters. The molecule has 0 aliphatic carbocycles. The van der Waals surface area contributed by atoms with Gasteiger partial charge in [0.2, 0.25) is 0 Å². The molecule has 0 saturated carbocycles. The van der Waals surface area contributed by atoms with Crippen molar-refractivity contribution in [3.05, 3.63) is 35.4 Å². The molecule has 0 radical (unpaired) electrons. The van der Waals surface area contributed by atoms with Gasteiger partial charge in [0.05, 0.1) is 0 Å². The number of aryl methyl sites for hydroxylation is 1. The van der Waals surface area contributed by atoms with Crippen molar-refractivity contribution in [2.24, 2.45) is 0 Å². The number of halogens is 4. The monoisotopic (exact) mass is 376 g/mol. The summed E-state index contributed by atoms with van der Waals surface area (Å²) >= 11 is 0. The topological polar surface area (TPSA) is 0 Å². The van der Waals surface area contributed by atoms with Gasteiger partial charge < -0.3 is 49.6 Å². The molecule has 0 amide bonds. The number of hydrogen-bond donors (Lipinski definition) is 0. The molecule has 15 heavy (non-hydrogen) atoms. The van der Waals surface area contributed by atoms with Gasteiger partial charge in [-0.05, 0) is 18.4 Å². The van der Waals surface area contributed by atoms with Crippen LogP contribution in [0.4, 0.5) is 0 Å². The Hall–Kier alpha value is 1.00. The molecule has 0 fully saturated rings. The smallest absolute Gasteiger partial charge is 1.00 e. The van der Waals surface area contributed by atoms with Crippen molar-refractivity contribution in [1.82, 2.24) is 0 Å². The summed E-state index contributed by atoms with van der Waals surface area (Å²) in [6.07, 6.45) is 0. The van der Waals surface area contributed by atoms with Gasteiger partial charge in [-0.1, -0.05) is 43.7 Å². The summed E-state index contributed by atoms with van der Waals surface area (Å²) in [6.45, 7) is 6.54. The Labute approximate surface area is 130 Å². The summed E-state index contributed by atoms with van der Waals surface area (Å²) in [5.74, 6) is 0.653. The van der Waals surface area contributed by atoms with Gasteiger partial charge in [0.1, 0.15) is 0 Å². The van der Waals surface area contributed by atoms with Gasteiger partial charge in [-0.3, -0.25) is 0 Å². The summed E-state index contributed by atoms with van der Waals surface area (Å²) in [5, 5.41) is 0. The van der Waals surface area contributed by atoms with E-state index in [-0.39, 0.29) is 69.1 Å². The van der Waals surface area contributed by atoms with Crippen molar-refractivity contribution in [3.8, 4) is 0 Å². The van der Waals surface area contributed by atoms with Crippen molar-refractivity contribution >= 4 is 0 Å². The van der Waals surface area contributed by atoms with Crippen LogP contribution in [0, 0.1) is 6.92 Å². The second kappa shape index (κ2) is 15.0. The average Bonchev–Trinajstić information content (AvgIpc) is 1.88. The van der Waals surface area contributed by atoms with Crippen LogP contribution >= 0.6 is 0 Å². The average molecular weight is 377 g/mol. The van der Waals surface area contributed by atoms with Crippen LogP contribution in [0.5, 0.6) is 0 Å². The first-order valence-electron chi connectivity index (χ1n) is 3.76. The molecule has 0 nitrogen and oxygen atoms in total. The van der Waals surface area contributed by atoms with Gasteiger partial charge in [0.25, 0.3) is 0 Å². The molecule has 0 bridgehead atoms. The molecule has 0 aliphatic rings. The van der Waals surface area contributed by atoms with Gasteiger partial charge in [-0.2, -0.15) is 0 Å². The molecular formula is C10H14Cl4Ru. The molecule has 90 valence electrons. The molecule has 1 aromatic rings. The molecule has 1 aromatic carbocycles. The van der Waals surface area contributed by atoms with E-state index in [0.29, 0.717) is 5.92 Å². The van der Waals surface area contributed by atoms with Crippen LogP contribution in [-0.4, -0.2) is 0 Å². The van der Waals surface area contributed by atoms with E-state index < -0.39 is 0 Å². The minimum atomic E-state index is 0. The zero-order valence-corrected chi connectivity index (χ0v) is 13.5. The van der Waals surface area contributed by atoms with E-state index in [1.165, 1.54) is 11.1 Å². The third-order valence-corrected chi connectivity index (χ3v) is 1.74. The van der Waals surface area contributed by atoms with E-state index in [1.807, 2.05) is 0 Å². The first-order valence-corrected chi connectivity index (χ1v) is 3.76. The van der Waals surface area contributed by atoms with Gasteiger partial charge in [-0.15, -0.1) is 0 Å². The molecule has 0 saturated heterocycles. The van der Waals surface area contributed by atoms with Crippen molar-refractivity contribution in [3.63, 3.8) is 0 Å². The Balaban J connectivity index is -0.0000000667. The second-order valence-corrected chi connectivity index (χ2v) is 3.07. The summed E-state index contributed by atoms with van der Waals surface area (Å²) in [5.41, 5.74) is 2.76. The first-order chi connectivity index (χ1) is 4.70. The summed E-state index contributed by atoms with van der Waals surface area (Å²) in [4.78, 5) is 0. The maximum atomic E-state index is 2.21. The Kier molecular flexibility index (Phi) is 29.8. The van der Waals surface area contributed by atoms with E-state index in [0.717, 1.165) is 0 Å². The second-order valence-electron chi connectivity index (χ2n) is 3.07. The molecule has 0 spiro atoms. The van der Waals surface area contributed by atoms with E-state index in [9.17, 15) is 0 Å². The number of benzene rings is 1. The molecule has 0 heterocycles. The standard InChI is InChI=1S/C10H14.4ClH.Ru/c1-8(2)10-6-4-9(3)5-7-10;;;;;/h4-8H,1-3H3;4*1H;/q;;;;;+4/p-4. The quantitative estimate of drug-likeness (QED) is 0.427. The molecule has 1 rings (SSSR count). The molecule has 0 aromatic heterocycles. The van der Waals surface area contributed by atoms with Crippen LogP contribution in [0.1, 0.15) is 30.9 Å². The van der Waals surface area contributed by atoms with Crippen molar-refractivity contribution < 1.29 is 69.1 Å². The van der Waals surface area contributed by atoms with Crippen molar-refractivity contribution in [2.75, 3.05) is 0 Å². The minimum Gasteiger partial charge on any atom is -1.00 e. The largest absolute Gasteiger partial charge is 4.00 e. The van der Waals surface area contributed by atoms with E-state index in [1.54, 1.807) is 0 Å². The maximum Gasteiger partial charge on any atom is 4.00 e.